The molecule has 1 aliphatic carbocycles. The van der Waals surface area contributed by atoms with Crippen LogP contribution in [0.3, 0.4) is 0 Å². The summed E-state index contributed by atoms with van der Waals surface area (Å²) in [5.41, 5.74) is 2.49. The van der Waals surface area contributed by atoms with Gasteiger partial charge in [0.05, 0.1) is 17.3 Å². The van der Waals surface area contributed by atoms with Crippen molar-refractivity contribution >= 4 is 0 Å². The summed E-state index contributed by atoms with van der Waals surface area (Å²) >= 11 is 0. The summed E-state index contributed by atoms with van der Waals surface area (Å²) in [5, 5.41) is 3.54. The van der Waals surface area contributed by atoms with Crippen molar-refractivity contribution in [2.75, 3.05) is 13.7 Å². The van der Waals surface area contributed by atoms with Crippen molar-refractivity contribution in [3.63, 3.8) is 0 Å². The molecule has 0 saturated heterocycles. The molecule has 1 aromatic rings. The maximum Gasteiger partial charge on any atom is 0.0746 e. The highest BCUT2D eigenvalue weighted by atomic mass is 16.5. The van der Waals surface area contributed by atoms with Crippen LogP contribution in [0, 0.1) is 0 Å². The van der Waals surface area contributed by atoms with Crippen molar-refractivity contribution in [1.29, 1.82) is 0 Å². The lowest BCUT2D eigenvalue weighted by Crippen LogP contribution is -2.38. The number of nitrogens with zero attached hydrogens (tertiary/aromatic N) is 1. The molecule has 0 bridgehead atoms. The number of methoxy groups -OCH3 is 1. The van der Waals surface area contributed by atoms with Gasteiger partial charge in [-0.1, -0.05) is 6.07 Å². The Morgan fingerprint density at radius 3 is 3.12 bits per heavy atom. The summed E-state index contributed by atoms with van der Waals surface area (Å²) in [6.45, 7) is 5.03. The Morgan fingerprint density at radius 1 is 1.56 bits per heavy atom. The van der Waals surface area contributed by atoms with Gasteiger partial charge in [-0.2, -0.15) is 0 Å². The maximum absolute atomic E-state index is 5.40. The predicted molar refractivity (Wildman–Crippen MR) is 64.4 cm³/mol. The van der Waals surface area contributed by atoms with E-state index < -0.39 is 0 Å². The van der Waals surface area contributed by atoms with Gasteiger partial charge in [-0.15, -0.1) is 0 Å². The van der Waals surface area contributed by atoms with Gasteiger partial charge in [0.25, 0.3) is 0 Å². The van der Waals surface area contributed by atoms with E-state index in [1.54, 1.807) is 7.11 Å². The Bertz CT molecular complexity index is 363. The molecule has 1 aliphatic rings. The molecule has 0 aliphatic heterocycles. The summed E-state index contributed by atoms with van der Waals surface area (Å²) < 4.78 is 5.40. The summed E-state index contributed by atoms with van der Waals surface area (Å²) in [6.07, 6.45) is 4.15. The monoisotopic (exact) mass is 220 g/mol. The lowest BCUT2D eigenvalue weighted by molar-refractivity contribution is 0.0209. The molecule has 16 heavy (non-hydrogen) atoms. The van der Waals surface area contributed by atoms with E-state index in [0.29, 0.717) is 6.04 Å². The number of fused-ring (bicyclic) bond motifs is 1. The largest absolute Gasteiger partial charge is 0.377 e. The average molecular weight is 220 g/mol. The van der Waals surface area contributed by atoms with Gasteiger partial charge in [0.1, 0.15) is 0 Å². The van der Waals surface area contributed by atoms with Crippen LogP contribution >= 0.6 is 0 Å². The van der Waals surface area contributed by atoms with Crippen molar-refractivity contribution in [2.45, 2.75) is 38.3 Å². The number of aryl methyl sites for hydroxylation is 1. The minimum absolute atomic E-state index is 0.114. The molecule has 0 radical (unpaired) electrons. The van der Waals surface area contributed by atoms with Crippen LogP contribution in [0.25, 0.3) is 0 Å². The van der Waals surface area contributed by atoms with Gasteiger partial charge in [-0.25, -0.2) is 0 Å². The van der Waals surface area contributed by atoms with E-state index in [9.17, 15) is 0 Å². The highest BCUT2D eigenvalue weighted by Crippen LogP contribution is 2.29. The van der Waals surface area contributed by atoms with Crippen molar-refractivity contribution in [2.24, 2.45) is 0 Å². The van der Waals surface area contributed by atoms with Crippen LogP contribution in [0.2, 0.25) is 0 Å². The number of hydrogen-bond donors (Lipinski definition) is 1. The number of pyridine rings is 1. The quantitative estimate of drug-likeness (QED) is 0.843. The Balaban J connectivity index is 1.99. The number of aromatic nitrogens is 1. The van der Waals surface area contributed by atoms with Gasteiger partial charge in [0.2, 0.25) is 0 Å². The number of rotatable bonds is 4. The normalized spacial score (nSPS) is 19.8. The molecule has 0 spiro atoms. The predicted octanol–water partition coefficient (Wildman–Crippen LogP) is 2.08. The fourth-order valence-electron chi connectivity index (χ4n) is 2.05. The van der Waals surface area contributed by atoms with E-state index in [-0.39, 0.29) is 5.60 Å². The van der Waals surface area contributed by atoms with Crippen LogP contribution in [0.5, 0.6) is 0 Å². The molecule has 1 unspecified atom stereocenters. The number of nitrogens with one attached hydrogen (secondary N) is 1. The summed E-state index contributed by atoms with van der Waals surface area (Å²) in [6, 6.07) is 4.58. The Kier molecular flexibility index (Phi) is 3.26. The molecule has 2 rings (SSSR count). The van der Waals surface area contributed by atoms with E-state index >= 15 is 0 Å². The van der Waals surface area contributed by atoms with Gasteiger partial charge >= 0.3 is 0 Å². The standard InChI is InChI=1S/C13H20N2O/c1-13(2,16-3)9-15-11-7-6-10-5-4-8-14-12(10)11/h4-5,8,11,15H,6-7,9H2,1-3H3. The molecule has 1 aromatic heterocycles. The van der Waals surface area contributed by atoms with Gasteiger partial charge in [0.15, 0.2) is 0 Å². The summed E-state index contributed by atoms with van der Waals surface area (Å²) in [5.74, 6) is 0. The maximum atomic E-state index is 5.40. The van der Waals surface area contributed by atoms with E-state index in [4.69, 9.17) is 4.74 Å². The first-order valence-corrected chi connectivity index (χ1v) is 5.85. The van der Waals surface area contributed by atoms with Gasteiger partial charge in [-0.05, 0) is 38.3 Å². The molecular formula is C13H20N2O. The third-order valence-corrected chi connectivity index (χ3v) is 3.29. The van der Waals surface area contributed by atoms with Crippen LogP contribution < -0.4 is 5.32 Å². The summed E-state index contributed by atoms with van der Waals surface area (Å²) in [7, 11) is 1.75. The Labute approximate surface area is 97.2 Å². The van der Waals surface area contributed by atoms with Crippen LogP contribution in [0.1, 0.15) is 37.6 Å². The van der Waals surface area contributed by atoms with Crippen LogP contribution in [-0.4, -0.2) is 24.2 Å². The first kappa shape index (κ1) is 11.6. The second-order valence-corrected chi connectivity index (χ2v) is 4.98. The second-order valence-electron chi connectivity index (χ2n) is 4.98. The lowest BCUT2D eigenvalue weighted by atomic mass is 10.1. The van der Waals surface area contributed by atoms with Crippen molar-refractivity contribution in [3.8, 4) is 0 Å². The van der Waals surface area contributed by atoms with Crippen LogP contribution in [0.15, 0.2) is 18.3 Å². The molecule has 0 amide bonds. The molecule has 1 N–H and O–H groups in total. The molecule has 0 fully saturated rings. The molecule has 0 saturated carbocycles. The first-order chi connectivity index (χ1) is 7.62. The highest BCUT2D eigenvalue weighted by Gasteiger charge is 2.25. The lowest BCUT2D eigenvalue weighted by Gasteiger charge is -2.25. The fraction of sp³-hybridized carbons (Fsp3) is 0.615. The fourth-order valence-corrected chi connectivity index (χ4v) is 2.05. The molecule has 1 atom stereocenters. The number of hydrogen-bond acceptors (Lipinski definition) is 3. The van der Waals surface area contributed by atoms with Gasteiger partial charge < -0.3 is 10.1 Å². The SMILES string of the molecule is COC(C)(C)CNC1CCc2cccnc21. The van der Waals surface area contributed by atoms with Gasteiger partial charge in [0, 0.05) is 19.9 Å². The van der Waals surface area contributed by atoms with Crippen molar-refractivity contribution in [3.05, 3.63) is 29.6 Å². The number of ether oxygens (including phenoxy) is 1. The van der Waals surface area contributed by atoms with Crippen LogP contribution in [-0.2, 0) is 11.2 Å². The first-order valence-electron chi connectivity index (χ1n) is 5.85. The topological polar surface area (TPSA) is 34.1 Å². The molecule has 1 heterocycles. The molecule has 88 valence electrons. The van der Waals surface area contributed by atoms with E-state index in [2.05, 4.69) is 30.2 Å². The van der Waals surface area contributed by atoms with E-state index in [1.807, 2.05) is 12.3 Å². The third kappa shape index (κ3) is 2.42. The van der Waals surface area contributed by atoms with Gasteiger partial charge in [-0.3, -0.25) is 4.98 Å². The third-order valence-electron chi connectivity index (χ3n) is 3.29. The minimum atomic E-state index is -0.114. The molecule has 3 nitrogen and oxygen atoms in total. The second kappa shape index (κ2) is 4.52. The smallest absolute Gasteiger partial charge is 0.0746 e. The molecular weight excluding hydrogens is 200 g/mol. The van der Waals surface area contributed by atoms with Crippen molar-refractivity contribution in [1.82, 2.24) is 10.3 Å². The van der Waals surface area contributed by atoms with E-state index in [1.165, 1.54) is 11.3 Å². The Morgan fingerprint density at radius 2 is 2.38 bits per heavy atom. The zero-order chi connectivity index (χ0) is 11.6. The van der Waals surface area contributed by atoms with Crippen molar-refractivity contribution < 1.29 is 4.74 Å². The molecule has 0 aromatic carbocycles. The Hall–Kier alpha value is -0.930. The molecule has 3 heteroatoms. The van der Waals surface area contributed by atoms with E-state index in [0.717, 1.165) is 19.4 Å². The zero-order valence-electron chi connectivity index (χ0n) is 10.3. The zero-order valence-corrected chi connectivity index (χ0v) is 10.3. The average Bonchev–Trinajstić information content (AvgIpc) is 2.70. The van der Waals surface area contributed by atoms with Crippen LogP contribution in [0.4, 0.5) is 0 Å². The highest BCUT2D eigenvalue weighted by molar-refractivity contribution is 5.27. The summed E-state index contributed by atoms with van der Waals surface area (Å²) in [4.78, 5) is 4.46. The minimum Gasteiger partial charge on any atom is -0.377 e.